The molecule has 0 aliphatic heterocycles. The van der Waals surface area contributed by atoms with Gasteiger partial charge in [-0.05, 0) is 31.6 Å². The van der Waals surface area contributed by atoms with Crippen LogP contribution < -0.4 is 20.5 Å². The Balaban J connectivity index is 1.89. The number of aryl methyl sites for hydroxylation is 2. The zero-order valence-corrected chi connectivity index (χ0v) is 14.7. The van der Waals surface area contributed by atoms with Crippen molar-refractivity contribution in [2.45, 2.75) is 13.8 Å². The average Bonchev–Trinajstić information content (AvgIpc) is 3.08. The molecule has 3 N–H and O–H groups in total. The molecule has 2 aromatic heterocycles. The summed E-state index contributed by atoms with van der Waals surface area (Å²) in [7, 11) is 0. The van der Waals surface area contributed by atoms with E-state index in [9.17, 15) is 4.79 Å². The molecule has 3 rings (SSSR count). The third-order valence-electron chi connectivity index (χ3n) is 3.19. The lowest BCUT2D eigenvalue weighted by Crippen LogP contribution is -2.19. The Hall–Kier alpha value is -2.58. The van der Waals surface area contributed by atoms with E-state index in [0.717, 1.165) is 16.1 Å². The molecule has 2 heterocycles. The second kappa shape index (κ2) is 6.90. The van der Waals surface area contributed by atoms with E-state index in [1.165, 1.54) is 28.2 Å². The van der Waals surface area contributed by atoms with Crippen LogP contribution in [0.15, 0.2) is 39.4 Å². The molecule has 0 bridgehead atoms. The average molecular weight is 357 g/mol. The fourth-order valence-corrected chi connectivity index (χ4v) is 3.59. The Morgan fingerprint density at radius 1 is 1.29 bits per heavy atom. The van der Waals surface area contributed by atoms with Crippen molar-refractivity contribution in [3.63, 3.8) is 0 Å². The topological polar surface area (TPSA) is 96.5 Å². The summed E-state index contributed by atoms with van der Waals surface area (Å²) in [6.45, 7) is 4.02. The number of nitrogens with two attached hydrogens (primary N) is 1. The second-order valence-corrected chi connectivity index (χ2v) is 7.34. The Labute approximate surface area is 145 Å². The van der Waals surface area contributed by atoms with Gasteiger partial charge < -0.3 is 10.7 Å². The molecular formula is C16H15N5OS2. The standard InChI is InChI=1S/C16H15N5OS2/c1-9-3-4-12(10(2)5-9)21-19-8-14-20-15(22)13(24-14)6-11-7-18-16(17)23-11/h3-8H,1-2H3,(H2,17,18)(H,20,22)/b13-6-,14-8-,21-19?. The largest absolute Gasteiger partial charge is 0.375 e. The monoisotopic (exact) mass is 357 g/mol. The molecule has 0 spiro atoms. The van der Waals surface area contributed by atoms with Gasteiger partial charge in [-0.15, -0.1) is 11.3 Å². The van der Waals surface area contributed by atoms with Gasteiger partial charge in [0.05, 0.1) is 21.3 Å². The smallest absolute Gasteiger partial charge is 0.266 e. The van der Waals surface area contributed by atoms with Crippen molar-refractivity contribution in [2.24, 2.45) is 10.2 Å². The number of azo groups is 1. The minimum absolute atomic E-state index is 0.167. The minimum Gasteiger partial charge on any atom is -0.375 e. The van der Waals surface area contributed by atoms with E-state index in [2.05, 4.69) is 26.3 Å². The van der Waals surface area contributed by atoms with Gasteiger partial charge in [0, 0.05) is 6.20 Å². The third kappa shape index (κ3) is 3.84. The maximum absolute atomic E-state index is 12.0. The fourth-order valence-electron chi connectivity index (χ4n) is 2.08. The van der Waals surface area contributed by atoms with Gasteiger partial charge in [0.15, 0.2) is 5.13 Å². The molecular weight excluding hydrogens is 342 g/mol. The number of rotatable bonds is 3. The Morgan fingerprint density at radius 3 is 2.83 bits per heavy atom. The van der Waals surface area contributed by atoms with Crippen LogP contribution in [0.1, 0.15) is 16.0 Å². The van der Waals surface area contributed by atoms with Gasteiger partial charge in [0.25, 0.3) is 5.56 Å². The first kappa shape index (κ1) is 16.3. The van der Waals surface area contributed by atoms with Gasteiger partial charge in [-0.25, -0.2) is 4.98 Å². The van der Waals surface area contributed by atoms with Crippen molar-refractivity contribution in [1.82, 2.24) is 9.97 Å². The molecule has 0 atom stereocenters. The van der Waals surface area contributed by atoms with E-state index in [1.807, 2.05) is 26.0 Å². The first-order chi connectivity index (χ1) is 11.5. The van der Waals surface area contributed by atoms with Crippen molar-refractivity contribution in [3.8, 4) is 0 Å². The molecule has 8 heteroatoms. The lowest BCUT2D eigenvalue weighted by Gasteiger charge is -1.98. The first-order valence-corrected chi connectivity index (χ1v) is 8.75. The number of thiazole rings is 2. The van der Waals surface area contributed by atoms with E-state index in [0.29, 0.717) is 14.3 Å². The summed E-state index contributed by atoms with van der Waals surface area (Å²) in [5.41, 5.74) is 8.47. The number of H-pyrrole nitrogens is 1. The maximum Gasteiger partial charge on any atom is 0.266 e. The van der Waals surface area contributed by atoms with Crippen LogP contribution in [0.4, 0.5) is 10.8 Å². The number of aromatic amines is 1. The molecule has 122 valence electrons. The summed E-state index contributed by atoms with van der Waals surface area (Å²) >= 11 is 2.64. The van der Waals surface area contributed by atoms with Gasteiger partial charge >= 0.3 is 0 Å². The number of aromatic nitrogens is 2. The minimum atomic E-state index is -0.167. The molecule has 0 saturated carbocycles. The molecule has 6 nitrogen and oxygen atoms in total. The van der Waals surface area contributed by atoms with Crippen LogP contribution in [0.25, 0.3) is 12.3 Å². The van der Waals surface area contributed by atoms with Crippen LogP contribution in [-0.2, 0) is 0 Å². The number of benzene rings is 1. The number of hydrogen-bond acceptors (Lipinski definition) is 7. The lowest BCUT2D eigenvalue weighted by molar-refractivity contribution is 1.20. The molecule has 1 aromatic carbocycles. The SMILES string of the molecule is Cc1ccc(N=N/C=c2/[nH]c(=O)/c(=C/c3cnc(N)s3)s2)c(C)c1. The van der Waals surface area contributed by atoms with Gasteiger partial charge in [-0.3, -0.25) is 4.79 Å². The molecule has 24 heavy (non-hydrogen) atoms. The van der Waals surface area contributed by atoms with Crippen LogP contribution in [0.5, 0.6) is 0 Å². The van der Waals surface area contributed by atoms with Crippen molar-refractivity contribution in [2.75, 3.05) is 5.73 Å². The zero-order valence-electron chi connectivity index (χ0n) is 13.1. The number of nitrogens with zero attached hydrogens (tertiary/aromatic N) is 3. The number of nitrogens with one attached hydrogen (secondary N) is 1. The summed E-state index contributed by atoms with van der Waals surface area (Å²) in [6, 6.07) is 5.96. The zero-order chi connectivity index (χ0) is 17.1. The van der Waals surface area contributed by atoms with Crippen molar-refractivity contribution >= 4 is 45.8 Å². The van der Waals surface area contributed by atoms with Crippen molar-refractivity contribution in [3.05, 3.63) is 59.9 Å². The molecule has 0 radical (unpaired) electrons. The number of anilines is 1. The summed E-state index contributed by atoms with van der Waals surface area (Å²) in [5.74, 6) is 0. The van der Waals surface area contributed by atoms with Gasteiger partial charge in [-0.1, -0.05) is 29.0 Å². The third-order valence-corrected chi connectivity index (χ3v) is 4.91. The first-order valence-electron chi connectivity index (χ1n) is 7.12. The number of nitrogen functional groups attached to an aromatic ring is 1. The number of hydrogen-bond donors (Lipinski definition) is 2. The summed E-state index contributed by atoms with van der Waals surface area (Å²) in [5, 5.41) is 8.73. The fraction of sp³-hybridized carbons (Fsp3) is 0.125. The molecule has 0 saturated heterocycles. The predicted molar refractivity (Wildman–Crippen MR) is 99.2 cm³/mol. The van der Waals surface area contributed by atoms with Gasteiger partial charge in [0.1, 0.15) is 4.66 Å². The quantitative estimate of drug-likeness (QED) is 0.705. The molecule has 0 fully saturated rings. The van der Waals surface area contributed by atoms with E-state index in [-0.39, 0.29) is 5.56 Å². The maximum atomic E-state index is 12.0. The highest BCUT2D eigenvalue weighted by atomic mass is 32.1. The highest BCUT2D eigenvalue weighted by Crippen LogP contribution is 2.19. The van der Waals surface area contributed by atoms with Crippen molar-refractivity contribution in [1.29, 1.82) is 0 Å². The van der Waals surface area contributed by atoms with Crippen molar-refractivity contribution < 1.29 is 0 Å². The summed E-state index contributed by atoms with van der Waals surface area (Å²) < 4.78 is 1.21. The molecule has 3 aromatic rings. The second-order valence-electron chi connectivity index (χ2n) is 5.16. The molecule has 0 amide bonds. The van der Waals surface area contributed by atoms with Crippen LogP contribution in [0.2, 0.25) is 0 Å². The highest BCUT2D eigenvalue weighted by molar-refractivity contribution is 7.16. The predicted octanol–water partition coefficient (Wildman–Crippen LogP) is 2.44. The van der Waals surface area contributed by atoms with E-state index in [1.54, 1.807) is 18.5 Å². The van der Waals surface area contributed by atoms with E-state index in [4.69, 9.17) is 5.73 Å². The lowest BCUT2D eigenvalue weighted by atomic mass is 10.1. The summed E-state index contributed by atoms with van der Waals surface area (Å²) in [4.78, 5) is 19.5. The van der Waals surface area contributed by atoms with Gasteiger partial charge in [-0.2, -0.15) is 10.2 Å². The highest BCUT2D eigenvalue weighted by Gasteiger charge is 1.98. The van der Waals surface area contributed by atoms with E-state index < -0.39 is 0 Å². The summed E-state index contributed by atoms with van der Waals surface area (Å²) in [6.07, 6.45) is 4.95. The normalized spacial score (nSPS) is 13.2. The van der Waals surface area contributed by atoms with Crippen LogP contribution in [0, 0.1) is 13.8 Å². The van der Waals surface area contributed by atoms with E-state index >= 15 is 0 Å². The Bertz CT molecular complexity index is 1070. The van der Waals surface area contributed by atoms with Crippen LogP contribution in [-0.4, -0.2) is 9.97 Å². The molecule has 0 aliphatic rings. The van der Waals surface area contributed by atoms with Crippen LogP contribution >= 0.6 is 22.7 Å². The van der Waals surface area contributed by atoms with Crippen LogP contribution in [0.3, 0.4) is 0 Å². The van der Waals surface area contributed by atoms with Gasteiger partial charge in [0.2, 0.25) is 0 Å². The molecule has 0 aliphatic carbocycles. The Kier molecular flexibility index (Phi) is 4.68. The Morgan fingerprint density at radius 2 is 2.12 bits per heavy atom. The molecule has 0 unspecified atom stereocenters.